The van der Waals surface area contributed by atoms with Crippen molar-refractivity contribution in [2.75, 3.05) is 13.2 Å². The van der Waals surface area contributed by atoms with Crippen molar-refractivity contribution >= 4 is 29.0 Å². The molecule has 32 heavy (non-hydrogen) atoms. The molecule has 7 heteroatoms. The summed E-state index contributed by atoms with van der Waals surface area (Å²) in [5.74, 6) is 0.544. The van der Waals surface area contributed by atoms with Crippen LogP contribution in [0.15, 0.2) is 83.8 Å². The lowest BCUT2D eigenvalue weighted by molar-refractivity contribution is -0.123. The molecule has 0 saturated carbocycles. The number of halogens is 1. The van der Waals surface area contributed by atoms with Crippen molar-refractivity contribution in [1.29, 1.82) is 0 Å². The third-order valence-corrected chi connectivity index (χ3v) is 5.62. The molecule has 0 aliphatic carbocycles. The SMILES string of the molecule is O=C1S/C(=C\c2cccc(OCc3ccccc3F)c2)C(=O)N1CCOc1ccccc1. The quantitative estimate of drug-likeness (QED) is 0.424. The molecule has 1 saturated heterocycles. The Kier molecular flexibility index (Phi) is 6.87. The average molecular weight is 450 g/mol. The van der Waals surface area contributed by atoms with Gasteiger partial charge in [0.2, 0.25) is 0 Å². The van der Waals surface area contributed by atoms with Gasteiger partial charge in [0.25, 0.3) is 11.1 Å². The molecule has 2 amide bonds. The van der Waals surface area contributed by atoms with Crippen molar-refractivity contribution in [2.45, 2.75) is 6.61 Å². The minimum absolute atomic E-state index is 0.0913. The van der Waals surface area contributed by atoms with Gasteiger partial charge in [-0.1, -0.05) is 48.5 Å². The Bertz CT molecular complexity index is 1150. The normalized spacial score (nSPS) is 14.8. The number of thioether (sulfide) groups is 1. The molecule has 0 unspecified atom stereocenters. The average Bonchev–Trinajstić information content (AvgIpc) is 3.07. The van der Waals surface area contributed by atoms with Crippen molar-refractivity contribution in [2.24, 2.45) is 0 Å². The first-order valence-electron chi connectivity index (χ1n) is 9.99. The number of benzene rings is 3. The number of nitrogens with zero attached hydrogens (tertiary/aromatic N) is 1. The number of carbonyl (C=O) groups excluding carboxylic acids is 2. The van der Waals surface area contributed by atoms with Crippen LogP contribution in [0.2, 0.25) is 0 Å². The predicted molar refractivity (Wildman–Crippen MR) is 122 cm³/mol. The lowest BCUT2D eigenvalue weighted by Gasteiger charge is -2.13. The van der Waals surface area contributed by atoms with Gasteiger partial charge in [0.1, 0.15) is 30.5 Å². The molecule has 0 atom stereocenters. The Morgan fingerprint density at radius 1 is 0.875 bits per heavy atom. The van der Waals surface area contributed by atoms with E-state index in [0.717, 1.165) is 11.8 Å². The van der Waals surface area contributed by atoms with Crippen LogP contribution >= 0.6 is 11.8 Å². The standard InChI is InChI=1S/C25H20FNO4S/c26-22-12-5-4-8-19(22)17-31-21-11-6-7-18(15-21)16-23-24(28)27(25(29)32-23)13-14-30-20-9-2-1-3-10-20/h1-12,15-16H,13-14,17H2/b23-16-. The van der Waals surface area contributed by atoms with Crippen LogP contribution in [0.1, 0.15) is 11.1 Å². The van der Waals surface area contributed by atoms with E-state index < -0.39 is 0 Å². The Labute approximate surface area is 189 Å². The number of hydrogen-bond acceptors (Lipinski definition) is 5. The van der Waals surface area contributed by atoms with E-state index in [-0.39, 0.29) is 36.7 Å². The van der Waals surface area contributed by atoms with Crippen LogP contribution in [-0.2, 0) is 11.4 Å². The smallest absolute Gasteiger partial charge is 0.293 e. The molecule has 0 N–H and O–H groups in total. The summed E-state index contributed by atoms with van der Waals surface area (Å²) in [6.45, 7) is 0.478. The molecule has 4 rings (SSSR count). The van der Waals surface area contributed by atoms with Crippen LogP contribution < -0.4 is 9.47 Å². The minimum Gasteiger partial charge on any atom is -0.492 e. The van der Waals surface area contributed by atoms with Gasteiger partial charge >= 0.3 is 0 Å². The number of imide groups is 1. The lowest BCUT2D eigenvalue weighted by Crippen LogP contribution is -2.32. The van der Waals surface area contributed by atoms with E-state index in [1.54, 1.807) is 42.5 Å². The minimum atomic E-state index is -0.352. The van der Waals surface area contributed by atoms with Crippen molar-refractivity contribution in [3.8, 4) is 11.5 Å². The predicted octanol–water partition coefficient (Wildman–Crippen LogP) is 5.52. The van der Waals surface area contributed by atoms with E-state index in [1.807, 2.05) is 36.4 Å². The highest BCUT2D eigenvalue weighted by atomic mass is 32.2. The van der Waals surface area contributed by atoms with Gasteiger partial charge in [-0.2, -0.15) is 0 Å². The first kappa shape index (κ1) is 21.6. The van der Waals surface area contributed by atoms with Crippen LogP contribution in [0.5, 0.6) is 11.5 Å². The Balaban J connectivity index is 1.38. The van der Waals surface area contributed by atoms with Gasteiger partial charge in [-0.25, -0.2) is 4.39 Å². The number of amides is 2. The molecule has 3 aromatic rings. The van der Waals surface area contributed by atoms with Crippen LogP contribution in [0, 0.1) is 5.82 Å². The number of carbonyl (C=O) groups is 2. The van der Waals surface area contributed by atoms with Crippen molar-refractivity contribution in [3.63, 3.8) is 0 Å². The lowest BCUT2D eigenvalue weighted by atomic mass is 10.2. The molecular weight excluding hydrogens is 429 g/mol. The zero-order chi connectivity index (χ0) is 22.3. The second-order valence-corrected chi connectivity index (χ2v) is 7.94. The van der Waals surface area contributed by atoms with E-state index in [2.05, 4.69) is 0 Å². The summed E-state index contributed by atoms with van der Waals surface area (Å²) < 4.78 is 25.0. The number of para-hydroxylation sites is 1. The van der Waals surface area contributed by atoms with Crippen LogP contribution in [0.25, 0.3) is 6.08 Å². The molecular formula is C25H20FNO4S. The topological polar surface area (TPSA) is 55.8 Å². The highest BCUT2D eigenvalue weighted by Crippen LogP contribution is 2.32. The Morgan fingerprint density at radius 3 is 2.44 bits per heavy atom. The summed E-state index contributed by atoms with van der Waals surface area (Å²) in [4.78, 5) is 26.5. The molecule has 1 aliphatic heterocycles. The zero-order valence-electron chi connectivity index (χ0n) is 17.1. The van der Waals surface area contributed by atoms with E-state index in [4.69, 9.17) is 9.47 Å². The van der Waals surface area contributed by atoms with E-state index >= 15 is 0 Å². The van der Waals surface area contributed by atoms with Crippen molar-refractivity contribution < 1.29 is 23.5 Å². The maximum Gasteiger partial charge on any atom is 0.293 e. The molecule has 162 valence electrons. The Morgan fingerprint density at radius 2 is 1.62 bits per heavy atom. The molecule has 1 heterocycles. The molecule has 0 radical (unpaired) electrons. The second kappa shape index (κ2) is 10.2. The van der Waals surface area contributed by atoms with Crippen LogP contribution in [0.4, 0.5) is 9.18 Å². The van der Waals surface area contributed by atoms with Gasteiger partial charge in [-0.05, 0) is 53.7 Å². The van der Waals surface area contributed by atoms with E-state index in [9.17, 15) is 14.0 Å². The van der Waals surface area contributed by atoms with Crippen molar-refractivity contribution in [3.05, 3.63) is 101 Å². The fourth-order valence-corrected chi connectivity index (χ4v) is 3.95. The van der Waals surface area contributed by atoms with Gasteiger partial charge in [0, 0.05) is 5.56 Å². The van der Waals surface area contributed by atoms with E-state index in [1.165, 1.54) is 11.0 Å². The third-order valence-electron chi connectivity index (χ3n) is 4.71. The summed E-state index contributed by atoms with van der Waals surface area (Å²) in [6, 6.07) is 22.7. The summed E-state index contributed by atoms with van der Waals surface area (Å²) in [5.41, 5.74) is 1.17. The maximum atomic E-state index is 13.8. The zero-order valence-corrected chi connectivity index (χ0v) is 17.9. The summed E-state index contributed by atoms with van der Waals surface area (Å²) in [6.07, 6.45) is 1.65. The molecule has 0 aromatic heterocycles. The third kappa shape index (κ3) is 5.36. The largest absolute Gasteiger partial charge is 0.492 e. The molecule has 0 spiro atoms. The van der Waals surface area contributed by atoms with Crippen LogP contribution in [-0.4, -0.2) is 29.2 Å². The van der Waals surface area contributed by atoms with E-state index in [0.29, 0.717) is 27.5 Å². The number of ether oxygens (including phenoxy) is 2. The monoisotopic (exact) mass is 449 g/mol. The first-order valence-corrected chi connectivity index (χ1v) is 10.8. The molecule has 0 bridgehead atoms. The summed E-state index contributed by atoms with van der Waals surface area (Å²) in [5, 5.41) is -0.329. The molecule has 5 nitrogen and oxygen atoms in total. The second-order valence-electron chi connectivity index (χ2n) is 6.95. The summed E-state index contributed by atoms with van der Waals surface area (Å²) in [7, 11) is 0. The summed E-state index contributed by atoms with van der Waals surface area (Å²) >= 11 is 0.893. The Hall–Kier alpha value is -3.58. The maximum absolute atomic E-state index is 13.8. The highest BCUT2D eigenvalue weighted by Gasteiger charge is 2.34. The van der Waals surface area contributed by atoms with Gasteiger partial charge in [0.15, 0.2) is 0 Å². The van der Waals surface area contributed by atoms with Gasteiger partial charge in [-0.3, -0.25) is 14.5 Å². The molecule has 1 fully saturated rings. The highest BCUT2D eigenvalue weighted by molar-refractivity contribution is 8.18. The number of rotatable bonds is 8. The molecule has 1 aliphatic rings. The fourth-order valence-electron chi connectivity index (χ4n) is 3.09. The number of hydrogen-bond donors (Lipinski definition) is 0. The molecule has 3 aromatic carbocycles. The van der Waals surface area contributed by atoms with Gasteiger partial charge in [0.05, 0.1) is 11.4 Å². The van der Waals surface area contributed by atoms with Gasteiger partial charge < -0.3 is 9.47 Å². The first-order chi connectivity index (χ1) is 15.6. The fraction of sp³-hybridized carbons (Fsp3) is 0.120. The van der Waals surface area contributed by atoms with Gasteiger partial charge in [-0.15, -0.1) is 0 Å². The van der Waals surface area contributed by atoms with Crippen molar-refractivity contribution in [1.82, 2.24) is 4.90 Å². The van der Waals surface area contributed by atoms with Crippen LogP contribution in [0.3, 0.4) is 0 Å².